The van der Waals surface area contributed by atoms with E-state index in [2.05, 4.69) is 10.2 Å². The Bertz CT molecular complexity index is 1160. The van der Waals surface area contributed by atoms with Crippen LogP contribution in [0.4, 0.5) is 24.5 Å². The highest BCUT2D eigenvalue weighted by Crippen LogP contribution is 2.40. The van der Waals surface area contributed by atoms with Gasteiger partial charge in [-0.2, -0.15) is 21.6 Å². The lowest BCUT2D eigenvalue weighted by Crippen LogP contribution is -2.08. The van der Waals surface area contributed by atoms with Crippen LogP contribution < -0.4 is 0 Å². The lowest BCUT2D eigenvalue weighted by molar-refractivity contribution is -0.137. The van der Waals surface area contributed by atoms with Crippen molar-refractivity contribution >= 4 is 32.3 Å². The number of hydrogen-bond donors (Lipinski definition) is 2. The molecule has 0 aliphatic carbocycles. The summed E-state index contributed by atoms with van der Waals surface area (Å²) < 4.78 is 70.9. The van der Waals surface area contributed by atoms with Gasteiger partial charge in [0.05, 0.1) is 16.1 Å². The number of azo groups is 1. The van der Waals surface area contributed by atoms with Gasteiger partial charge < -0.3 is 5.11 Å². The van der Waals surface area contributed by atoms with Crippen LogP contribution in [0.15, 0.2) is 69.7 Å². The third kappa shape index (κ3) is 3.91. The number of alkyl halides is 3. The van der Waals surface area contributed by atoms with Crippen molar-refractivity contribution in [2.45, 2.75) is 11.1 Å². The molecular weight excluding hydrogens is 385 g/mol. The summed E-state index contributed by atoms with van der Waals surface area (Å²) in [6.45, 7) is 0. The number of halogens is 3. The summed E-state index contributed by atoms with van der Waals surface area (Å²) in [5.41, 5.74) is -2.08. The van der Waals surface area contributed by atoms with Crippen molar-refractivity contribution < 1.29 is 31.2 Å². The van der Waals surface area contributed by atoms with E-state index in [1.807, 2.05) is 0 Å². The molecule has 3 rings (SSSR count). The van der Waals surface area contributed by atoms with Gasteiger partial charge in [-0.05, 0) is 29.7 Å². The molecule has 3 aromatic rings. The highest BCUT2D eigenvalue weighted by Gasteiger charge is 2.35. The molecule has 2 N–H and O–H groups in total. The molecule has 3 aromatic carbocycles. The van der Waals surface area contributed by atoms with Gasteiger partial charge in [0.1, 0.15) is 11.4 Å². The lowest BCUT2D eigenvalue weighted by atomic mass is 10.1. The Morgan fingerprint density at radius 3 is 2.30 bits per heavy atom. The molecule has 0 aliphatic rings. The minimum Gasteiger partial charge on any atom is -0.506 e. The summed E-state index contributed by atoms with van der Waals surface area (Å²) in [6.07, 6.45) is -4.93. The summed E-state index contributed by atoms with van der Waals surface area (Å²) in [5.74, 6) is -0.277. The molecule has 0 amide bonds. The number of phenols is 1. The summed E-state index contributed by atoms with van der Waals surface area (Å²) in [4.78, 5) is -0.915. The van der Waals surface area contributed by atoms with E-state index in [1.165, 1.54) is 6.07 Å². The normalized spacial score (nSPS) is 12.7. The molecule has 0 saturated heterocycles. The van der Waals surface area contributed by atoms with E-state index in [4.69, 9.17) is 4.55 Å². The summed E-state index contributed by atoms with van der Waals surface area (Å²) in [5, 5.41) is 18.4. The molecule has 0 atom stereocenters. The number of rotatable bonds is 3. The molecule has 0 bridgehead atoms. The largest absolute Gasteiger partial charge is 0.506 e. The molecule has 10 heteroatoms. The number of phenolic OH excluding ortho intramolecular Hbond substituents is 1. The zero-order valence-electron chi connectivity index (χ0n) is 13.3. The molecule has 27 heavy (non-hydrogen) atoms. The van der Waals surface area contributed by atoms with E-state index in [-0.39, 0.29) is 17.5 Å². The average Bonchev–Trinajstić information content (AvgIpc) is 2.59. The first-order valence-electron chi connectivity index (χ1n) is 7.38. The second kappa shape index (κ2) is 6.63. The molecular formula is C17H11F3N2O4S. The number of nitrogens with zero attached hydrogens (tertiary/aromatic N) is 2. The van der Waals surface area contributed by atoms with Crippen molar-refractivity contribution in [1.82, 2.24) is 0 Å². The second-order valence-corrected chi connectivity index (χ2v) is 6.93. The average molecular weight is 396 g/mol. The molecule has 0 spiro atoms. The summed E-state index contributed by atoms with van der Waals surface area (Å²) in [6, 6.07) is 11.5. The van der Waals surface area contributed by atoms with Crippen LogP contribution >= 0.6 is 0 Å². The quantitative estimate of drug-likeness (QED) is 0.468. The minimum absolute atomic E-state index is 0.0277. The predicted molar refractivity (Wildman–Crippen MR) is 91.0 cm³/mol. The van der Waals surface area contributed by atoms with E-state index in [0.717, 1.165) is 12.1 Å². The first-order chi connectivity index (χ1) is 12.6. The van der Waals surface area contributed by atoms with Crippen molar-refractivity contribution in [3.8, 4) is 5.75 Å². The minimum atomic E-state index is -4.93. The Hall–Kier alpha value is -2.98. The molecule has 0 radical (unpaired) electrons. The zero-order chi connectivity index (χ0) is 19.8. The van der Waals surface area contributed by atoms with E-state index in [1.54, 1.807) is 30.3 Å². The van der Waals surface area contributed by atoms with Crippen LogP contribution in [-0.2, 0) is 16.3 Å². The topological polar surface area (TPSA) is 99.3 Å². The molecule has 0 unspecified atom stereocenters. The van der Waals surface area contributed by atoms with Gasteiger partial charge in [-0.3, -0.25) is 4.55 Å². The first kappa shape index (κ1) is 18.8. The fourth-order valence-corrected chi connectivity index (χ4v) is 2.95. The highest BCUT2D eigenvalue weighted by molar-refractivity contribution is 7.85. The van der Waals surface area contributed by atoms with Crippen LogP contribution in [0.25, 0.3) is 10.8 Å². The third-order valence-electron chi connectivity index (χ3n) is 3.71. The number of benzene rings is 3. The Labute approximate surface area is 151 Å². The van der Waals surface area contributed by atoms with E-state index in [9.17, 15) is 26.7 Å². The fraction of sp³-hybridized carbons (Fsp3) is 0.0588. The molecule has 0 heterocycles. The Kier molecular flexibility index (Phi) is 4.62. The van der Waals surface area contributed by atoms with Crippen LogP contribution in [0.2, 0.25) is 0 Å². The van der Waals surface area contributed by atoms with E-state index >= 15 is 0 Å². The van der Waals surface area contributed by atoms with Crippen molar-refractivity contribution in [3.63, 3.8) is 0 Å². The lowest BCUT2D eigenvalue weighted by Gasteiger charge is -2.10. The van der Waals surface area contributed by atoms with Gasteiger partial charge in [0.2, 0.25) is 0 Å². The maximum atomic E-state index is 13.2. The standard InChI is InChI=1S/C17H11F3N2O4S/c18-17(19,20)13-9-11(27(24,25)26)6-7-14(13)21-22-16-12-4-2-1-3-10(12)5-8-15(16)23/h1-9,23H,(H,24,25,26). The van der Waals surface area contributed by atoms with Gasteiger partial charge >= 0.3 is 6.18 Å². The van der Waals surface area contributed by atoms with Gasteiger partial charge in [0.25, 0.3) is 10.1 Å². The molecule has 6 nitrogen and oxygen atoms in total. The van der Waals surface area contributed by atoms with Crippen LogP contribution in [0, 0.1) is 0 Å². The molecule has 0 aromatic heterocycles. The van der Waals surface area contributed by atoms with Crippen LogP contribution in [0.5, 0.6) is 5.75 Å². The van der Waals surface area contributed by atoms with E-state index < -0.39 is 32.4 Å². The van der Waals surface area contributed by atoms with Crippen LogP contribution in [0.3, 0.4) is 0 Å². The molecule has 0 aliphatic heterocycles. The number of fused-ring (bicyclic) bond motifs is 1. The first-order valence-corrected chi connectivity index (χ1v) is 8.82. The van der Waals surface area contributed by atoms with Crippen molar-refractivity contribution in [1.29, 1.82) is 0 Å². The van der Waals surface area contributed by atoms with Gasteiger partial charge in [-0.1, -0.05) is 30.3 Å². The SMILES string of the molecule is O=S(=O)(O)c1ccc(N=Nc2c(O)ccc3ccccc23)c(C(F)(F)F)c1. The maximum absolute atomic E-state index is 13.2. The van der Waals surface area contributed by atoms with Gasteiger partial charge in [-0.25, -0.2) is 0 Å². The van der Waals surface area contributed by atoms with E-state index in [0.29, 0.717) is 10.8 Å². The van der Waals surface area contributed by atoms with Crippen molar-refractivity contribution in [3.05, 3.63) is 60.2 Å². The summed E-state index contributed by atoms with van der Waals surface area (Å²) in [7, 11) is -4.82. The fourth-order valence-electron chi connectivity index (χ4n) is 2.44. The van der Waals surface area contributed by atoms with Crippen LogP contribution in [-0.4, -0.2) is 18.1 Å². The predicted octanol–water partition coefficient (Wildman–Crippen LogP) is 5.23. The van der Waals surface area contributed by atoms with Gasteiger partial charge in [0, 0.05) is 5.39 Å². The molecule has 140 valence electrons. The number of aromatic hydroxyl groups is 1. The van der Waals surface area contributed by atoms with Gasteiger partial charge in [0.15, 0.2) is 0 Å². The summed E-state index contributed by atoms with van der Waals surface area (Å²) >= 11 is 0. The second-order valence-electron chi connectivity index (χ2n) is 5.51. The zero-order valence-corrected chi connectivity index (χ0v) is 14.2. The van der Waals surface area contributed by atoms with Crippen molar-refractivity contribution in [2.75, 3.05) is 0 Å². The Balaban J connectivity index is 2.15. The Morgan fingerprint density at radius 2 is 1.63 bits per heavy atom. The van der Waals surface area contributed by atoms with Crippen molar-refractivity contribution in [2.24, 2.45) is 10.2 Å². The van der Waals surface area contributed by atoms with Crippen LogP contribution in [0.1, 0.15) is 5.56 Å². The molecule has 0 fully saturated rings. The van der Waals surface area contributed by atoms with Gasteiger partial charge in [-0.15, -0.1) is 10.2 Å². The Morgan fingerprint density at radius 1 is 0.926 bits per heavy atom. The number of hydrogen-bond acceptors (Lipinski definition) is 5. The third-order valence-corrected chi connectivity index (χ3v) is 4.56. The maximum Gasteiger partial charge on any atom is 0.418 e. The monoisotopic (exact) mass is 396 g/mol. The highest BCUT2D eigenvalue weighted by atomic mass is 32.2. The molecule has 0 saturated carbocycles. The smallest absolute Gasteiger partial charge is 0.418 e.